The zero-order valence-electron chi connectivity index (χ0n) is 15.9. The van der Waals surface area contributed by atoms with Crippen LogP contribution in [0.3, 0.4) is 0 Å². The monoisotopic (exact) mass is 346 g/mol. The molecule has 0 saturated heterocycles. The highest BCUT2D eigenvalue weighted by Crippen LogP contribution is 2.44. The van der Waals surface area contributed by atoms with E-state index in [0.717, 1.165) is 23.3 Å². The first-order valence-electron chi connectivity index (χ1n) is 10.6. The molecular weight excluding hydrogens is 311 g/mol. The van der Waals surface area contributed by atoms with E-state index in [0.29, 0.717) is 18.8 Å². The van der Waals surface area contributed by atoms with Crippen LogP contribution in [0.1, 0.15) is 88.2 Å². The van der Waals surface area contributed by atoms with Crippen LogP contribution >= 0.6 is 0 Å². The summed E-state index contributed by atoms with van der Waals surface area (Å²) in [5.41, 5.74) is 1.94. The number of hydrogen-bond donors (Lipinski definition) is 1. The van der Waals surface area contributed by atoms with E-state index in [2.05, 4.69) is 13.0 Å². The van der Waals surface area contributed by atoms with Gasteiger partial charge in [-0.15, -0.1) is 0 Å². The highest BCUT2D eigenvalue weighted by molar-refractivity contribution is 5.27. The van der Waals surface area contributed by atoms with Gasteiger partial charge in [0.25, 0.3) is 0 Å². The minimum atomic E-state index is -0.0778. The van der Waals surface area contributed by atoms with E-state index in [1.165, 1.54) is 63.4 Å². The highest BCUT2D eigenvalue weighted by atomic mass is 19.1. The Labute approximate surface area is 153 Å². The number of rotatable bonds is 6. The zero-order chi connectivity index (χ0) is 17.6. The minimum Gasteiger partial charge on any atom is -0.396 e. The maximum absolute atomic E-state index is 14.3. The number of aliphatic hydroxyl groups is 1. The van der Waals surface area contributed by atoms with Crippen molar-refractivity contribution < 1.29 is 9.50 Å². The van der Waals surface area contributed by atoms with Crippen LogP contribution in [0.25, 0.3) is 0 Å². The van der Waals surface area contributed by atoms with E-state index < -0.39 is 0 Å². The van der Waals surface area contributed by atoms with Crippen molar-refractivity contribution in [3.05, 3.63) is 35.1 Å². The topological polar surface area (TPSA) is 20.2 Å². The Morgan fingerprint density at radius 2 is 1.60 bits per heavy atom. The molecule has 2 fully saturated rings. The molecule has 1 aromatic carbocycles. The first kappa shape index (κ1) is 18.9. The van der Waals surface area contributed by atoms with Crippen LogP contribution in [-0.4, -0.2) is 11.7 Å². The van der Waals surface area contributed by atoms with Gasteiger partial charge in [-0.2, -0.15) is 0 Å². The molecule has 2 aliphatic carbocycles. The molecule has 0 amide bonds. The Morgan fingerprint density at radius 1 is 0.960 bits per heavy atom. The zero-order valence-corrected chi connectivity index (χ0v) is 15.9. The third kappa shape index (κ3) is 4.84. The lowest BCUT2D eigenvalue weighted by Gasteiger charge is -2.38. The average Bonchev–Trinajstić information content (AvgIpc) is 2.67. The second-order valence-corrected chi connectivity index (χ2v) is 8.48. The summed E-state index contributed by atoms with van der Waals surface area (Å²) >= 11 is 0. The van der Waals surface area contributed by atoms with Crippen molar-refractivity contribution in [3.63, 3.8) is 0 Å². The van der Waals surface area contributed by atoms with Crippen LogP contribution in [-0.2, 0) is 6.42 Å². The van der Waals surface area contributed by atoms with E-state index in [1.807, 2.05) is 6.07 Å². The lowest BCUT2D eigenvalue weighted by atomic mass is 9.68. The van der Waals surface area contributed by atoms with Crippen molar-refractivity contribution in [1.82, 2.24) is 0 Å². The fraction of sp³-hybridized carbons (Fsp3) is 0.739. The molecule has 1 nitrogen and oxygen atoms in total. The highest BCUT2D eigenvalue weighted by Gasteiger charge is 2.31. The molecule has 0 bridgehead atoms. The molecule has 0 aromatic heterocycles. The summed E-state index contributed by atoms with van der Waals surface area (Å²) in [5, 5.41) is 8.92. The second kappa shape index (κ2) is 9.16. The van der Waals surface area contributed by atoms with Crippen LogP contribution in [0, 0.1) is 23.6 Å². The number of hydrogen-bond acceptors (Lipinski definition) is 1. The lowest BCUT2D eigenvalue weighted by molar-refractivity contribution is 0.158. The van der Waals surface area contributed by atoms with Crippen LogP contribution in [0.15, 0.2) is 18.2 Å². The molecular formula is C23H35FO. The second-order valence-electron chi connectivity index (χ2n) is 8.48. The van der Waals surface area contributed by atoms with Crippen molar-refractivity contribution in [2.24, 2.45) is 17.8 Å². The predicted octanol–water partition coefficient (Wildman–Crippen LogP) is 6.24. The fourth-order valence-electron chi connectivity index (χ4n) is 5.28. The summed E-state index contributed by atoms with van der Waals surface area (Å²) in [4.78, 5) is 0. The van der Waals surface area contributed by atoms with Crippen molar-refractivity contribution in [3.8, 4) is 0 Å². The molecule has 3 rings (SSSR count). The van der Waals surface area contributed by atoms with Gasteiger partial charge in [0.1, 0.15) is 5.82 Å². The Hall–Kier alpha value is -0.890. The molecule has 25 heavy (non-hydrogen) atoms. The Kier molecular flexibility index (Phi) is 6.92. The molecule has 2 aliphatic rings. The smallest absolute Gasteiger partial charge is 0.126 e. The standard InChI is InChI=1S/C23H35FO/c1-2-17-5-7-18(8-6-17)19-9-11-20(12-10-19)22-14-13-21(4-3-15-25)23(24)16-22/h13-14,16-20,25H,2-12,15H2,1H3. The molecule has 1 aromatic rings. The SMILES string of the molecule is CCC1CCC(C2CCC(c3ccc(CCCO)c(F)c3)CC2)CC1. The predicted molar refractivity (Wildman–Crippen MR) is 102 cm³/mol. The van der Waals surface area contributed by atoms with Gasteiger partial charge in [-0.1, -0.05) is 38.3 Å². The summed E-state index contributed by atoms with van der Waals surface area (Å²) in [7, 11) is 0. The number of halogens is 1. The summed E-state index contributed by atoms with van der Waals surface area (Å²) in [5.74, 6) is 3.33. The number of benzene rings is 1. The van der Waals surface area contributed by atoms with Crippen LogP contribution in [0.2, 0.25) is 0 Å². The number of aryl methyl sites for hydroxylation is 1. The minimum absolute atomic E-state index is 0.0778. The van der Waals surface area contributed by atoms with Gasteiger partial charge in [-0.25, -0.2) is 4.39 Å². The molecule has 0 unspecified atom stereocenters. The van der Waals surface area contributed by atoms with Crippen molar-refractivity contribution in [2.75, 3.05) is 6.61 Å². The Bertz CT molecular complexity index is 525. The molecule has 140 valence electrons. The Morgan fingerprint density at radius 3 is 2.16 bits per heavy atom. The van der Waals surface area contributed by atoms with E-state index in [9.17, 15) is 4.39 Å². The van der Waals surface area contributed by atoms with Gasteiger partial charge < -0.3 is 5.11 Å². The first-order valence-corrected chi connectivity index (χ1v) is 10.6. The average molecular weight is 347 g/mol. The Balaban J connectivity index is 1.51. The summed E-state index contributed by atoms with van der Waals surface area (Å²) in [6, 6.07) is 5.84. The molecule has 0 spiro atoms. The maximum Gasteiger partial charge on any atom is 0.126 e. The molecule has 0 heterocycles. The lowest BCUT2D eigenvalue weighted by Crippen LogP contribution is -2.25. The number of aliphatic hydroxyl groups excluding tert-OH is 1. The van der Waals surface area contributed by atoms with Crippen molar-refractivity contribution in [1.29, 1.82) is 0 Å². The van der Waals surface area contributed by atoms with Crippen molar-refractivity contribution in [2.45, 2.75) is 83.5 Å². The van der Waals surface area contributed by atoms with E-state index >= 15 is 0 Å². The van der Waals surface area contributed by atoms with Gasteiger partial charge in [0.15, 0.2) is 0 Å². The van der Waals surface area contributed by atoms with Crippen LogP contribution in [0.4, 0.5) is 4.39 Å². The maximum atomic E-state index is 14.3. The third-order valence-corrected chi connectivity index (χ3v) is 7.06. The fourth-order valence-corrected chi connectivity index (χ4v) is 5.28. The molecule has 2 saturated carbocycles. The molecule has 2 heteroatoms. The largest absolute Gasteiger partial charge is 0.396 e. The van der Waals surface area contributed by atoms with Gasteiger partial charge in [0.05, 0.1) is 0 Å². The molecule has 1 N–H and O–H groups in total. The third-order valence-electron chi connectivity index (χ3n) is 7.06. The van der Waals surface area contributed by atoms with Gasteiger partial charge in [0.2, 0.25) is 0 Å². The van der Waals surface area contributed by atoms with Gasteiger partial charge in [-0.05, 0) is 92.2 Å². The van der Waals surface area contributed by atoms with E-state index in [1.54, 1.807) is 6.07 Å². The van der Waals surface area contributed by atoms with Crippen LogP contribution < -0.4 is 0 Å². The van der Waals surface area contributed by atoms with Gasteiger partial charge in [-0.3, -0.25) is 0 Å². The van der Waals surface area contributed by atoms with Gasteiger partial charge >= 0.3 is 0 Å². The molecule has 0 radical (unpaired) electrons. The van der Waals surface area contributed by atoms with E-state index in [4.69, 9.17) is 5.11 Å². The summed E-state index contributed by atoms with van der Waals surface area (Å²) in [6.45, 7) is 2.47. The van der Waals surface area contributed by atoms with Crippen LogP contribution in [0.5, 0.6) is 0 Å². The normalized spacial score (nSPS) is 30.4. The van der Waals surface area contributed by atoms with E-state index in [-0.39, 0.29) is 12.4 Å². The molecule has 0 atom stereocenters. The quantitative estimate of drug-likeness (QED) is 0.646. The summed E-state index contributed by atoms with van der Waals surface area (Å²) in [6.07, 6.45) is 13.5. The molecule has 0 aliphatic heterocycles. The van der Waals surface area contributed by atoms with Gasteiger partial charge in [0, 0.05) is 6.61 Å². The first-order chi connectivity index (χ1) is 12.2. The summed E-state index contributed by atoms with van der Waals surface area (Å²) < 4.78 is 14.3. The van der Waals surface area contributed by atoms with Crippen molar-refractivity contribution >= 4 is 0 Å².